The predicted octanol–water partition coefficient (Wildman–Crippen LogP) is 0.487. The number of carbonyl (C=O) groups excluding carboxylic acids is 2. The van der Waals surface area contributed by atoms with Gasteiger partial charge >= 0.3 is 0 Å². The molecule has 5 heteroatoms. The Labute approximate surface area is 114 Å². The Morgan fingerprint density at radius 3 is 2.58 bits per heavy atom. The Morgan fingerprint density at radius 1 is 1.47 bits per heavy atom. The topological polar surface area (TPSA) is 75.4 Å². The lowest BCUT2D eigenvalue weighted by molar-refractivity contribution is -0.139. The van der Waals surface area contributed by atoms with Gasteiger partial charge in [-0.15, -0.1) is 0 Å². The third-order valence-corrected chi connectivity index (χ3v) is 4.12. The zero-order valence-corrected chi connectivity index (χ0v) is 11.9. The van der Waals surface area contributed by atoms with Crippen molar-refractivity contribution in [3.05, 3.63) is 0 Å². The summed E-state index contributed by atoms with van der Waals surface area (Å²) in [5, 5.41) is 3.05. The maximum atomic E-state index is 12.5. The molecule has 2 fully saturated rings. The SMILES string of the molecule is CC(C)C(C(=O)NC(CN)C1CC1)N1CCCC1=O. The van der Waals surface area contributed by atoms with Gasteiger partial charge in [0.1, 0.15) is 6.04 Å². The highest BCUT2D eigenvalue weighted by Crippen LogP contribution is 2.32. The van der Waals surface area contributed by atoms with E-state index in [9.17, 15) is 9.59 Å². The number of nitrogens with one attached hydrogen (secondary N) is 1. The van der Waals surface area contributed by atoms with Gasteiger partial charge in [0, 0.05) is 25.6 Å². The number of rotatable bonds is 6. The molecular formula is C14H25N3O2. The molecule has 0 aromatic rings. The van der Waals surface area contributed by atoms with Crippen LogP contribution in [0.15, 0.2) is 0 Å². The fourth-order valence-corrected chi connectivity index (χ4v) is 2.90. The van der Waals surface area contributed by atoms with E-state index >= 15 is 0 Å². The fourth-order valence-electron chi connectivity index (χ4n) is 2.90. The minimum absolute atomic E-state index is 0.0346. The van der Waals surface area contributed by atoms with Gasteiger partial charge in [0.2, 0.25) is 11.8 Å². The molecule has 3 N–H and O–H groups in total. The second-order valence-electron chi connectivity index (χ2n) is 6.07. The third-order valence-electron chi connectivity index (χ3n) is 4.12. The summed E-state index contributed by atoms with van der Waals surface area (Å²) in [7, 11) is 0. The van der Waals surface area contributed by atoms with Crippen LogP contribution in [0.2, 0.25) is 0 Å². The number of nitrogens with zero attached hydrogens (tertiary/aromatic N) is 1. The second kappa shape index (κ2) is 5.90. The van der Waals surface area contributed by atoms with E-state index in [1.54, 1.807) is 4.90 Å². The normalized spacial score (nSPS) is 22.7. The van der Waals surface area contributed by atoms with E-state index in [1.807, 2.05) is 13.8 Å². The van der Waals surface area contributed by atoms with Crippen LogP contribution < -0.4 is 11.1 Å². The van der Waals surface area contributed by atoms with Gasteiger partial charge in [0.25, 0.3) is 0 Å². The average Bonchev–Trinajstić information content (AvgIpc) is 3.11. The molecule has 1 aliphatic carbocycles. The molecule has 0 aromatic heterocycles. The Hall–Kier alpha value is -1.10. The van der Waals surface area contributed by atoms with Gasteiger partial charge < -0.3 is 16.0 Å². The second-order valence-corrected chi connectivity index (χ2v) is 6.07. The highest BCUT2D eigenvalue weighted by Gasteiger charge is 2.38. The van der Waals surface area contributed by atoms with E-state index in [0.717, 1.165) is 19.3 Å². The van der Waals surface area contributed by atoms with Gasteiger partial charge in [-0.05, 0) is 31.1 Å². The predicted molar refractivity (Wildman–Crippen MR) is 73.3 cm³/mol. The highest BCUT2D eigenvalue weighted by molar-refractivity contribution is 5.89. The number of carbonyl (C=O) groups is 2. The van der Waals surface area contributed by atoms with Crippen molar-refractivity contribution in [3.63, 3.8) is 0 Å². The van der Waals surface area contributed by atoms with Crippen LogP contribution in [-0.4, -0.2) is 41.9 Å². The summed E-state index contributed by atoms with van der Waals surface area (Å²) in [5.74, 6) is 0.730. The molecule has 108 valence electrons. The van der Waals surface area contributed by atoms with Gasteiger partial charge in [-0.2, -0.15) is 0 Å². The molecule has 1 heterocycles. The molecule has 1 saturated carbocycles. The number of hydrogen-bond donors (Lipinski definition) is 2. The maximum absolute atomic E-state index is 12.5. The quantitative estimate of drug-likeness (QED) is 0.735. The van der Waals surface area contributed by atoms with Crippen molar-refractivity contribution < 1.29 is 9.59 Å². The summed E-state index contributed by atoms with van der Waals surface area (Å²) in [6.45, 7) is 5.16. The number of amides is 2. The van der Waals surface area contributed by atoms with E-state index in [4.69, 9.17) is 5.73 Å². The van der Waals surface area contributed by atoms with E-state index in [0.29, 0.717) is 25.4 Å². The average molecular weight is 267 g/mol. The third kappa shape index (κ3) is 3.26. The van der Waals surface area contributed by atoms with Crippen molar-refractivity contribution in [1.82, 2.24) is 10.2 Å². The fraction of sp³-hybridized carbons (Fsp3) is 0.857. The number of likely N-dealkylation sites (tertiary alicyclic amines) is 1. The van der Waals surface area contributed by atoms with Crippen molar-refractivity contribution in [2.75, 3.05) is 13.1 Å². The Kier molecular flexibility index (Phi) is 4.45. The van der Waals surface area contributed by atoms with Crippen LogP contribution in [0.25, 0.3) is 0 Å². The van der Waals surface area contributed by atoms with Crippen LogP contribution in [-0.2, 0) is 9.59 Å². The molecule has 19 heavy (non-hydrogen) atoms. The standard InChI is InChI=1S/C14H25N3O2/c1-9(2)13(17-7-3-4-12(17)18)14(19)16-11(8-15)10-5-6-10/h9-11,13H,3-8,15H2,1-2H3,(H,16,19). The molecule has 0 aromatic carbocycles. The van der Waals surface area contributed by atoms with Gasteiger partial charge in [0.15, 0.2) is 0 Å². The van der Waals surface area contributed by atoms with Gasteiger partial charge in [0.05, 0.1) is 0 Å². The van der Waals surface area contributed by atoms with Gasteiger partial charge in [-0.3, -0.25) is 9.59 Å². The molecular weight excluding hydrogens is 242 g/mol. The van der Waals surface area contributed by atoms with Crippen LogP contribution in [0.1, 0.15) is 39.5 Å². The highest BCUT2D eigenvalue weighted by atomic mass is 16.2. The van der Waals surface area contributed by atoms with Crippen molar-refractivity contribution in [2.24, 2.45) is 17.6 Å². The lowest BCUT2D eigenvalue weighted by atomic mass is 10.0. The Bertz CT molecular complexity index is 353. The van der Waals surface area contributed by atoms with Gasteiger partial charge in [-0.25, -0.2) is 0 Å². The lowest BCUT2D eigenvalue weighted by Crippen LogP contribution is -2.54. The number of nitrogens with two attached hydrogens (primary N) is 1. The van der Waals surface area contributed by atoms with E-state index < -0.39 is 0 Å². The molecule has 2 amide bonds. The summed E-state index contributed by atoms with van der Waals surface area (Å²) >= 11 is 0. The first-order valence-corrected chi connectivity index (χ1v) is 7.34. The minimum Gasteiger partial charge on any atom is -0.350 e. The molecule has 2 atom stereocenters. The van der Waals surface area contributed by atoms with E-state index in [2.05, 4.69) is 5.32 Å². The lowest BCUT2D eigenvalue weighted by Gasteiger charge is -2.31. The molecule has 2 aliphatic rings. The maximum Gasteiger partial charge on any atom is 0.243 e. The zero-order valence-electron chi connectivity index (χ0n) is 11.9. The van der Waals surface area contributed by atoms with E-state index in [1.165, 1.54) is 0 Å². The first-order chi connectivity index (χ1) is 9.04. The Morgan fingerprint density at radius 2 is 2.16 bits per heavy atom. The summed E-state index contributed by atoms with van der Waals surface area (Å²) in [5.41, 5.74) is 5.72. The molecule has 2 rings (SSSR count). The van der Waals surface area contributed by atoms with Crippen LogP contribution in [0.4, 0.5) is 0 Å². The molecule has 0 bridgehead atoms. The first-order valence-electron chi connectivity index (χ1n) is 7.34. The van der Waals surface area contributed by atoms with Crippen LogP contribution in [0, 0.1) is 11.8 Å². The summed E-state index contributed by atoms with van der Waals surface area (Å²) in [6.07, 6.45) is 3.73. The molecule has 1 aliphatic heterocycles. The van der Waals surface area contributed by atoms with E-state index in [-0.39, 0.29) is 29.8 Å². The summed E-state index contributed by atoms with van der Waals surface area (Å²) in [6, 6.07) is -0.269. The minimum atomic E-state index is -0.345. The first kappa shape index (κ1) is 14.3. The zero-order chi connectivity index (χ0) is 14.0. The molecule has 0 spiro atoms. The monoisotopic (exact) mass is 267 g/mol. The number of hydrogen-bond acceptors (Lipinski definition) is 3. The molecule has 2 unspecified atom stereocenters. The molecule has 0 radical (unpaired) electrons. The summed E-state index contributed by atoms with van der Waals surface area (Å²) < 4.78 is 0. The largest absolute Gasteiger partial charge is 0.350 e. The van der Waals surface area contributed by atoms with Gasteiger partial charge in [-0.1, -0.05) is 13.8 Å². The van der Waals surface area contributed by atoms with Crippen LogP contribution >= 0.6 is 0 Å². The van der Waals surface area contributed by atoms with Crippen LogP contribution in [0.3, 0.4) is 0 Å². The smallest absolute Gasteiger partial charge is 0.243 e. The Balaban J connectivity index is 2.01. The van der Waals surface area contributed by atoms with Crippen molar-refractivity contribution in [1.29, 1.82) is 0 Å². The van der Waals surface area contributed by atoms with Crippen molar-refractivity contribution in [3.8, 4) is 0 Å². The molecule has 5 nitrogen and oxygen atoms in total. The summed E-state index contributed by atoms with van der Waals surface area (Å²) in [4.78, 5) is 26.0. The van der Waals surface area contributed by atoms with Crippen molar-refractivity contribution in [2.45, 2.75) is 51.6 Å². The van der Waals surface area contributed by atoms with Crippen LogP contribution in [0.5, 0.6) is 0 Å². The molecule has 1 saturated heterocycles. The van der Waals surface area contributed by atoms with Crippen molar-refractivity contribution >= 4 is 11.8 Å².